The van der Waals surface area contributed by atoms with Crippen LogP contribution < -0.4 is 4.74 Å². The van der Waals surface area contributed by atoms with Crippen LogP contribution in [0.2, 0.25) is 5.02 Å². The minimum atomic E-state index is 0.573. The Kier molecular flexibility index (Phi) is 6.85. The van der Waals surface area contributed by atoms with Gasteiger partial charge in [0.25, 0.3) is 0 Å². The molecule has 5 heteroatoms. The van der Waals surface area contributed by atoms with Crippen molar-refractivity contribution in [1.29, 1.82) is 5.26 Å². The molecule has 136 valence electrons. The maximum Gasteiger partial charge on any atom is 0.119 e. The lowest BCUT2D eigenvalue weighted by atomic mass is 10.1. The van der Waals surface area contributed by atoms with Crippen LogP contribution in [0.5, 0.6) is 5.75 Å². The Hall–Kier alpha value is -1.67. The average molecular weight is 387 g/mol. The summed E-state index contributed by atoms with van der Waals surface area (Å²) in [4.78, 5) is 3.72. The molecule has 0 aliphatic carbocycles. The molecule has 0 saturated carbocycles. The smallest absolute Gasteiger partial charge is 0.119 e. The van der Waals surface area contributed by atoms with E-state index in [1.807, 2.05) is 24.3 Å². The highest BCUT2D eigenvalue weighted by Crippen LogP contribution is 2.22. The summed E-state index contributed by atoms with van der Waals surface area (Å²) in [5.41, 5.74) is 1.76. The molecule has 2 aromatic rings. The lowest BCUT2D eigenvalue weighted by molar-refractivity contribution is 0.241. The molecule has 1 atom stereocenters. The number of nitrogens with zero attached hydrogens (tertiary/aromatic N) is 2. The summed E-state index contributed by atoms with van der Waals surface area (Å²) in [5, 5.41) is 9.69. The van der Waals surface area contributed by atoms with Crippen molar-refractivity contribution in [2.24, 2.45) is 5.92 Å². The third-order valence-electron chi connectivity index (χ3n) is 4.72. The second-order valence-electron chi connectivity index (χ2n) is 6.65. The summed E-state index contributed by atoms with van der Waals surface area (Å²) < 4.78 is 5.96. The van der Waals surface area contributed by atoms with E-state index in [4.69, 9.17) is 21.6 Å². The van der Waals surface area contributed by atoms with E-state index >= 15 is 0 Å². The van der Waals surface area contributed by atoms with E-state index in [9.17, 15) is 0 Å². The van der Waals surface area contributed by atoms with Crippen LogP contribution in [0.1, 0.15) is 17.5 Å². The molecule has 0 bridgehead atoms. The van der Waals surface area contributed by atoms with Crippen molar-refractivity contribution in [2.75, 3.05) is 32.5 Å². The summed E-state index contributed by atoms with van der Waals surface area (Å²) in [6.45, 7) is 3.93. The molecule has 1 aliphatic rings. The summed E-state index contributed by atoms with van der Waals surface area (Å²) in [7, 11) is 0. The first-order valence-corrected chi connectivity index (χ1v) is 10.5. The van der Waals surface area contributed by atoms with Gasteiger partial charge in [-0.1, -0.05) is 11.6 Å². The third kappa shape index (κ3) is 5.41. The lowest BCUT2D eigenvalue weighted by Gasteiger charge is -2.16. The summed E-state index contributed by atoms with van der Waals surface area (Å²) in [6, 6.07) is 16.1. The first-order chi connectivity index (χ1) is 12.7. The monoisotopic (exact) mass is 386 g/mol. The van der Waals surface area contributed by atoms with Gasteiger partial charge in [0.2, 0.25) is 0 Å². The molecule has 2 aromatic carbocycles. The maximum absolute atomic E-state index is 9.05. The second-order valence-corrected chi connectivity index (χ2v) is 7.97. The van der Waals surface area contributed by atoms with Gasteiger partial charge in [0.05, 0.1) is 18.2 Å². The van der Waals surface area contributed by atoms with E-state index in [0.717, 1.165) is 44.0 Å². The van der Waals surface area contributed by atoms with Crippen LogP contribution in [0.15, 0.2) is 47.4 Å². The zero-order chi connectivity index (χ0) is 18.4. The molecule has 0 radical (unpaired) electrons. The van der Waals surface area contributed by atoms with Crippen LogP contribution in [0.25, 0.3) is 0 Å². The van der Waals surface area contributed by atoms with Crippen LogP contribution in [0, 0.1) is 17.2 Å². The van der Waals surface area contributed by atoms with Gasteiger partial charge in [0.15, 0.2) is 0 Å². The normalized spacial score (nSPS) is 17.2. The largest absolute Gasteiger partial charge is 0.493 e. The Morgan fingerprint density at radius 2 is 2.08 bits per heavy atom. The van der Waals surface area contributed by atoms with Crippen molar-refractivity contribution in [1.82, 2.24) is 4.90 Å². The summed E-state index contributed by atoms with van der Waals surface area (Å²) >= 11 is 7.82. The fraction of sp³-hybridized carbons (Fsp3) is 0.381. The van der Waals surface area contributed by atoms with E-state index in [1.165, 1.54) is 11.3 Å². The Bertz CT molecular complexity index is 773. The number of hydrogen-bond donors (Lipinski definition) is 0. The van der Waals surface area contributed by atoms with E-state index in [1.54, 1.807) is 17.8 Å². The first-order valence-electron chi connectivity index (χ1n) is 8.85. The van der Waals surface area contributed by atoms with E-state index in [2.05, 4.69) is 29.4 Å². The fourth-order valence-electron chi connectivity index (χ4n) is 3.28. The zero-order valence-electron chi connectivity index (χ0n) is 15.0. The molecule has 0 N–H and O–H groups in total. The third-order valence-corrected chi connectivity index (χ3v) is 5.68. The molecule has 1 heterocycles. The van der Waals surface area contributed by atoms with Gasteiger partial charge < -0.3 is 9.64 Å². The fourth-order valence-corrected chi connectivity index (χ4v) is 3.95. The van der Waals surface area contributed by atoms with Crippen LogP contribution in [-0.4, -0.2) is 37.4 Å². The van der Waals surface area contributed by atoms with Crippen molar-refractivity contribution in [2.45, 2.75) is 17.7 Å². The van der Waals surface area contributed by atoms with Crippen LogP contribution in [0.3, 0.4) is 0 Å². The molecule has 1 unspecified atom stereocenters. The van der Waals surface area contributed by atoms with Crippen molar-refractivity contribution in [3.05, 3.63) is 58.6 Å². The summed E-state index contributed by atoms with van der Waals surface area (Å²) in [5.74, 6) is 1.52. The highest BCUT2D eigenvalue weighted by atomic mass is 35.5. The first kappa shape index (κ1) is 19.1. The molecule has 0 amide bonds. The highest BCUT2D eigenvalue weighted by molar-refractivity contribution is 7.98. The Labute approximate surface area is 164 Å². The van der Waals surface area contributed by atoms with Gasteiger partial charge in [0.1, 0.15) is 5.75 Å². The van der Waals surface area contributed by atoms with Crippen molar-refractivity contribution in [3.63, 3.8) is 0 Å². The van der Waals surface area contributed by atoms with Gasteiger partial charge in [-0.15, -0.1) is 11.8 Å². The number of likely N-dealkylation sites (tertiary alicyclic amines) is 1. The highest BCUT2D eigenvalue weighted by Gasteiger charge is 2.22. The van der Waals surface area contributed by atoms with E-state index in [0.29, 0.717) is 16.5 Å². The number of rotatable bonds is 7. The van der Waals surface area contributed by atoms with Crippen molar-refractivity contribution >= 4 is 23.4 Å². The standard InChI is InChI=1S/C21H23ClN2OS/c1-26-21-4-2-20(3-5-21)25-15-17-7-9-24(14-17)8-6-16-10-18(13-23)12-19(22)11-16/h2-5,10-12,17H,6-9,14-15H2,1H3. The van der Waals surface area contributed by atoms with E-state index in [-0.39, 0.29) is 0 Å². The molecule has 3 nitrogen and oxygen atoms in total. The molecule has 1 saturated heterocycles. The second kappa shape index (κ2) is 9.32. The minimum absolute atomic E-state index is 0.573. The number of thioether (sulfide) groups is 1. The predicted octanol–water partition coefficient (Wildman–Crippen LogP) is 4.88. The quantitative estimate of drug-likeness (QED) is 0.635. The Morgan fingerprint density at radius 1 is 1.27 bits per heavy atom. The van der Waals surface area contributed by atoms with Crippen LogP contribution in [0.4, 0.5) is 0 Å². The van der Waals surface area contributed by atoms with Gasteiger partial charge >= 0.3 is 0 Å². The van der Waals surface area contributed by atoms with Crippen molar-refractivity contribution < 1.29 is 4.74 Å². The van der Waals surface area contributed by atoms with Gasteiger partial charge in [-0.05, 0) is 73.7 Å². The SMILES string of the molecule is CSc1ccc(OCC2CCN(CCc3cc(Cl)cc(C#N)c3)C2)cc1. The maximum atomic E-state index is 9.05. The van der Waals surface area contributed by atoms with E-state index < -0.39 is 0 Å². The number of halogens is 1. The molecule has 0 spiro atoms. The molecule has 3 rings (SSSR count). The molecular formula is C21H23ClN2OS. The van der Waals surface area contributed by atoms with Crippen LogP contribution >= 0.6 is 23.4 Å². The predicted molar refractivity (Wildman–Crippen MR) is 108 cm³/mol. The Morgan fingerprint density at radius 3 is 2.81 bits per heavy atom. The average Bonchev–Trinajstić information content (AvgIpc) is 3.12. The van der Waals surface area contributed by atoms with Crippen molar-refractivity contribution in [3.8, 4) is 11.8 Å². The number of hydrogen-bond acceptors (Lipinski definition) is 4. The molecular weight excluding hydrogens is 364 g/mol. The van der Waals surface area contributed by atoms with Gasteiger partial charge in [-0.2, -0.15) is 5.26 Å². The van der Waals surface area contributed by atoms with Crippen LogP contribution in [-0.2, 0) is 6.42 Å². The topological polar surface area (TPSA) is 36.3 Å². The zero-order valence-corrected chi connectivity index (χ0v) is 16.5. The summed E-state index contributed by atoms with van der Waals surface area (Å²) in [6.07, 6.45) is 4.16. The molecule has 0 aromatic heterocycles. The number of nitriles is 1. The van der Waals surface area contributed by atoms with Gasteiger partial charge in [-0.3, -0.25) is 0 Å². The minimum Gasteiger partial charge on any atom is -0.493 e. The van der Waals surface area contributed by atoms with Gasteiger partial charge in [0, 0.05) is 28.9 Å². The number of benzene rings is 2. The number of ether oxygens (including phenoxy) is 1. The Balaban J connectivity index is 1.43. The molecule has 1 fully saturated rings. The molecule has 26 heavy (non-hydrogen) atoms. The lowest BCUT2D eigenvalue weighted by Crippen LogP contribution is -2.24. The van der Waals surface area contributed by atoms with Gasteiger partial charge in [-0.25, -0.2) is 0 Å². The molecule has 1 aliphatic heterocycles.